The van der Waals surface area contributed by atoms with E-state index in [2.05, 4.69) is 24.1 Å². The molecule has 6 heteroatoms. The third kappa shape index (κ3) is 4.65. The summed E-state index contributed by atoms with van der Waals surface area (Å²) in [5.41, 5.74) is 0.150. The third-order valence-electron chi connectivity index (χ3n) is 3.29. The number of benzene rings is 1. The molecule has 1 aliphatic rings. The second kappa shape index (κ2) is 6.78. The predicted molar refractivity (Wildman–Crippen MR) is 76.0 cm³/mol. The van der Waals surface area contributed by atoms with Crippen LogP contribution in [-0.4, -0.2) is 30.1 Å². The van der Waals surface area contributed by atoms with E-state index >= 15 is 0 Å². The average Bonchev–Trinajstić information content (AvgIpc) is 2.26. The molecule has 2 rings (SSSR count). The van der Waals surface area contributed by atoms with Crippen molar-refractivity contribution in [1.29, 1.82) is 0 Å². The Morgan fingerprint density at radius 3 is 2.35 bits per heavy atom. The van der Waals surface area contributed by atoms with Crippen LogP contribution in [0.3, 0.4) is 0 Å². The Morgan fingerprint density at radius 1 is 1.20 bits per heavy atom. The molecule has 1 fully saturated rings. The van der Waals surface area contributed by atoms with E-state index < -0.39 is 11.7 Å². The third-order valence-corrected chi connectivity index (χ3v) is 3.29. The maximum atomic E-state index is 12.6. The van der Waals surface area contributed by atoms with Crippen molar-refractivity contribution in [2.24, 2.45) is 0 Å². The summed E-state index contributed by atoms with van der Waals surface area (Å²) in [5.74, 6) is 0. The highest BCUT2D eigenvalue weighted by Crippen LogP contribution is 2.29. The summed E-state index contributed by atoms with van der Waals surface area (Å²) in [6, 6.07) is 6.34. The first kappa shape index (κ1) is 17.3. The van der Waals surface area contributed by atoms with Gasteiger partial charge in [-0.15, -0.1) is 12.4 Å². The molecule has 0 saturated carbocycles. The first-order chi connectivity index (χ1) is 8.84. The second-order valence-electron chi connectivity index (χ2n) is 5.36. The zero-order valence-corrected chi connectivity index (χ0v) is 12.4. The van der Waals surface area contributed by atoms with E-state index in [1.807, 2.05) is 0 Å². The topological polar surface area (TPSA) is 15.3 Å². The molecule has 0 radical (unpaired) electrons. The molecule has 2 nitrogen and oxygen atoms in total. The largest absolute Gasteiger partial charge is 0.416 e. The summed E-state index contributed by atoms with van der Waals surface area (Å²) in [5, 5.41) is 3.41. The number of hydrogen-bond acceptors (Lipinski definition) is 2. The van der Waals surface area contributed by atoms with Crippen LogP contribution in [0.1, 0.15) is 25.0 Å². The van der Waals surface area contributed by atoms with Crippen LogP contribution in [-0.2, 0) is 12.7 Å². The minimum Gasteiger partial charge on any atom is -0.309 e. The van der Waals surface area contributed by atoms with Crippen molar-refractivity contribution in [3.63, 3.8) is 0 Å². The maximum Gasteiger partial charge on any atom is 0.416 e. The van der Waals surface area contributed by atoms with E-state index in [9.17, 15) is 13.2 Å². The lowest BCUT2D eigenvalue weighted by Gasteiger charge is -2.36. The van der Waals surface area contributed by atoms with E-state index in [-0.39, 0.29) is 12.4 Å². The lowest BCUT2D eigenvalue weighted by molar-refractivity contribution is -0.137. The Hall–Kier alpha value is -0.780. The summed E-state index contributed by atoms with van der Waals surface area (Å²) in [6.07, 6.45) is -4.26. The van der Waals surface area contributed by atoms with Gasteiger partial charge in [0, 0.05) is 31.7 Å². The Balaban J connectivity index is 0.00000200. The van der Waals surface area contributed by atoms with Crippen LogP contribution in [0.2, 0.25) is 0 Å². The highest BCUT2D eigenvalue weighted by molar-refractivity contribution is 5.85. The molecule has 1 N–H and O–H groups in total. The fraction of sp³-hybridized carbons (Fsp3) is 0.571. The van der Waals surface area contributed by atoms with Gasteiger partial charge in [-0.3, -0.25) is 4.90 Å². The molecule has 2 atom stereocenters. The molecule has 20 heavy (non-hydrogen) atoms. The van der Waals surface area contributed by atoms with Gasteiger partial charge >= 0.3 is 6.18 Å². The molecule has 0 aromatic heterocycles. The number of piperazine rings is 1. The van der Waals surface area contributed by atoms with Gasteiger partial charge in [0.25, 0.3) is 0 Å². The predicted octanol–water partition coefficient (Wildman–Crippen LogP) is 3.31. The van der Waals surface area contributed by atoms with Gasteiger partial charge in [-0.25, -0.2) is 0 Å². The van der Waals surface area contributed by atoms with E-state index in [4.69, 9.17) is 0 Å². The monoisotopic (exact) mass is 308 g/mol. The summed E-state index contributed by atoms with van der Waals surface area (Å²) in [7, 11) is 0. The average molecular weight is 309 g/mol. The molecular weight excluding hydrogens is 289 g/mol. The van der Waals surface area contributed by atoms with Crippen LogP contribution in [0, 0.1) is 0 Å². The number of nitrogens with zero attached hydrogens (tertiary/aromatic N) is 1. The molecule has 0 bridgehead atoms. The number of hydrogen-bond donors (Lipinski definition) is 1. The van der Waals surface area contributed by atoms with Crippen LogP contribution in [0.25, 0.3) is 0 Å². The Kier molecular flexibility index (Phi) is 5.86. The molecule has 1 aromatic rings. The van der Waals surface area contributed by atoms with Gasteiger partial charge in [-0.05, 0) is 25.5 Å². The van der Waals surface area contributed by atoms with Crippen molar-refractivity contribution in [3.05, 3.63) is 35.4 Å². The Morgan fingerprint density at radius 2 is 1.80 bits per heavy atom. The molecular formula is C14H20ClF3N2. The molecule has 114 valence electrons. The van der Waals surface area contributed by atoms with E-state index in [1.165, 1.54) is 12.1 Å². The SMILES string of the molecule is CC1CN(Cc2cccc(C(F)(F)F)c2)CC(C)N1.Cl. The fourth-order valence-corrected chi connectivity index (χ4v) is 2.67. The smallest absolute Gasteiger partial charge is 0.309 e. The van der Waals surface area contributed by atoms with Crippen molar-refractivity contribution >= 4 is 12.4 Å². The minimum absolute atomic E-state index is 0. The van der Waals surface area contributed by atoms with Crippen molar-refractivity contribution in [3.8, 4) is 0 Å². The normalized spacial score (nSPS) is 24.2. The summed E-state index contributed by atoms with van der Waals surface area (Å²) < 4.78 is 37.9. The number of rotatable bonds is 2. The fourth-order valence-electron chi connectivity index (χ4n) is 2.67. The van der Waals surface area contributed by atoms with Crippen molar-refractivity contribution < 1.29 is 13.2 Å². The van der Waals surface area contributed by atoms with Gasteiger partial charge in [0.1, 0.15) is 0 Å². The summed E-state index contributed by atoms with van der Waals surface area (Å²) in [4.78, 5) is 2.20. The highest BCUT2D eigenvalue weighted by atomic mass is 35.5. The highest BCUT2D eigenvalue weighted by Gasteiger charge is 2.30. The summed E-state index contributed by atoms with van der Waals surface area (Å²) in [6.45, 7) is 6.48. The zero-order valence-electron chi connectivity index (χ0n) is 11.6. The maximum absolute atomic E-state index is 12.6. The molecule has 0 amide bonds. The van der Waals surface area contributed by atoms with E-state index in [0.717, 1.165) is 24.7 Å². The van der Waals surface area contributed by atoms with Crippen LogP contribution in [0.4, 0.5) is 13.2 Å². The van der Waals surface area contributed by atoms with Crippen LogP contribution >= 0.6 is 12.4 Å². The molecule has 1 aromatic carbocycles. The van der Waals surface area contributed by atoms with Crippen LogP contribution < -0.4 is 5.32 Å². The molecule has 1 aliphatic heterocycles. The van der Waals surface area contributed by atoms with Crippen LogP contribution in [0.5, 0.6) is 0 Å². The second-order valence-corrected chi connectivity index (χ2v) is 5.36. The van der Waals surface area contributed by atoms with E-state index in [1.54, 1.807) is 6.07 Å². The molecule has 0 spiro atoms. The zero-order chi connectivity index (χ0) is 14.0. The first-order valence-electron chi connectivity index (χ1n) is 6.49. The van der Waals surface area contributed by atoms with Gasteiger partial charge in [0.2, 0.25) is 0 Å². The molecule has 2 unspecified atom stereocenters. The van der Waals surface area contributed by atoms with E-state index in [0.29, 0.717) is 18.6 Å². The van der Waals surface area contributed by atoms with Crippen molar-refractivity contribution in [2.75, 3.05) is 13.1 Å². The van der Waals surface area contributed by atoms with Crippen molar-refractivity contribution in [2.45, 2.75) is 38.7 Å². The van der Waals surface area contributed by atoms with Gasteiger partial charge in [-0.1, -0.05) is 18.2 Å². The quantitative estimate of drug-likeness (QED) is 0.902. The van der Waals surface area contributed by atoms with Crippen molar-refractivity contribution in [1.82, 2.24) is 10.2 Å². The van der Waals surface area contributed by atoms with Gasteiger partial charge in [0.05, 0.1) is 5.56 Å². The van der Waals surface area contributed by atoms with Gasteiger partial charge in [0.15, 0.2) is 0 Å². The minimum atomic E-state index is -4.26. The number of alkyl halides is 3. The standard InChI is InChI=1S/C14H19F3N2.ClH/c1-10-7-19(8-11(2)18-10)9-12-4-3-5-13(6-12)14(15,16)17;/h3-6,10-11,18H,7-9H2,1-2H3;1H. The summed E-state index contributed by atoms with van der Waals surface area (Å²) >= 11 is 0. The number of halogens is 4. The van der Waals surface area contributed by atoms with Gasteiger partial charge < -0.3 is 5.32 Å². The lowest BCUT2D eigenvalue weighted by atomic mass is 10.1. The number of nitrogens with one attached hydrogen (secondary N) is 1. The van der Waals surface area contributed by atoms with Gasteiger partial charge in [-0.2, -0.15) is 13.2 Å². The first-order valence-corrected chi connectivity index (χ1v) is 6.49. The Labute approximate surface area is 123 Å². The molecule has 1 heterocycles. The van der Waals surface area contributed by atoms with Crippen LogP contribution in [0.15, 0.2) is 24.3 Å². The Bertz CT molecular complexity index is 427. The lowest BCUT2D eigenvalue weighted by Crippen LogP contribution is -2.53. The molecule has 0 aliphatic carbocycles. The molecule has 1 saturated heterocycles.